The Balaban J connectivity index is 1.96. The fourth-order valence-electron chi connectivity index (χ4n) is 2.90. The van der Waals surface area contributed by atoms with Crippen molar-refractivity contribution in [3.05, 3.63) is 68.7 Å². The molecule has 0 bridgehead atoms. The summed E-state index contributed by atoms with van der Waals surface area (Å²) in [6.07, 6.45) is 0.165. The van der Waals surface area contributed by atoms with Crippen LogP contribution in [0.2, 0.25) is 0 Å². The maximum Gasteiger partial charge on any atom is 0.225 e. The van der Waals surface area contributed by atoms with Crippen LogP contribution in [-0.2, 0) is 10.5 Å². The molecule has 2 aromatic carbocycles. The van der Waals surface area contributed by atoms with Gasteiger partial charge in [0.1, 0.15) is 0 Å². The first-order chi connectivity index (χ1) is 13.0. The highest BCUT2D eigenvalue weighted by atomic mass is 79.9. The number of phenolic OH excluding ortho intramolecular Hbond substituents is 1. The van der Waals surface area contributed by atoms with Crippen molar-refractivity contribution in [3.63, 3.8) is 0 Å². The number of methoxy groups -OCH3 is 1. The molecular weight excluding hydrogens is 428 g/mol. The molecule has 5 nitrogen and oxygen atoms in total. The van der Waals surface area contributed by atoms with Gasteiger partial charge in [0.25, 0.3) is 0 Å². The minimum atomic E-state index is -0.396. The van der Waals surface area contributed by atoms with Crippen molar-refractivity contribution in [2.75, 3.05) is 7.11 Å². The molecule has 1 aliphatic heterocycles. The number of aromatic hydroxyl groups is 1. The van der Waals surface area contributed by atoms with Crippen LogP contribution in [0.5, 0.6) is 11.5 Å². The molecule has 2 N–H and O–H groups in total. The number of halogens is 1. The second-order valence-electron chi connectivity index (χ2n) is 5.99. The summed E-state index contributed by atoms with van der Waals surface area (Å²) < 4.78 is 5.66. The van der Waals surface area contributed by atoms with E-state index in [9.17, 15) is 15.2 Å². The Morgan fingerprint density at radius 3 is 2.78 bits per heavy atom. The van der Waals surface area contributed by atoms with Gasteiger partial charge in [0.15, 0.2) is 11.5 Å². The van der Waals surface area contributed by atoms with Crippen LogP contribution in [-0.4, -0.2) is 18.1 Å². The van der Waals surface area contributed by atoms with Crippen molar-refractivity contribution in [3.8, 4) is 17.6 Å². The highest BCUT2D eigenvalue weighted by molar-refractivity contribution is 9.10. The molecule has 138 valence electrons. The van der Waals surface area contributed by atoms with E-state index in [2.05, 4.69) is 27.3 Å². The van der Waals surface area contributed by atoms with Gasteiger partial charge in [0.05, 0.1) is 28.3 Å². The Morgan fingerprint density at radius 2 is 2.11 bits per heavy atom. The lowest BCUT2D eigenvalue weighted by atomic mass is 9.87. The van der Waals surface area contributed by atoms with Gasteiger partial charge in [-0.15, -0.1) is 11.8 Å². The van der Waals surface area contributed by atoms with Crippen molar-refractivity contribution in [1.29, 1.82) is 5.26 Å². The molecule has 0 saturated heterocycles. The van der Waals surface area contributed by atoms with Crippen LogP contribution in [0.1, 0.15) is 23.5 Å². The van der Waals surface area contributed by atoms with Crippen LogP contribution in [0.4, 0.5) is 0 Å². The van der Waals surface area contributed by atoms with E-state index < -0.39 is 5.92 Å². The Bertz CT molecular complexity index is 938. The van der Waals surface area contributed by atoms with Crippen molar-refractivity contribution < 1.29 is 14.6 Å². The number of rotatable bonds is 5. The number of hydrogen-bond acceptors (Lipinski definition) is 5. The fourth-order valence-corrected chi connectivity index (χ4v) is 4.39. The van der Waals surface area contributed by atoms with Crippen LogP contribution in [0, 0.1) is 11.3 Å². The van der Waals surface area contributed by atoms with Crippen LogP contribution in [0.3, 0.4) is 0 Å². The first-order valence-corrected chi connectivity index (χ1v) is 9.98. The number of benzene rings is 2. The lowest BCUT2D eigenvalue weighted by Gasteiger charge is -2.25. The number of amides is 1. The van der Waals surface area contributed by atoms with E-state index in [1.807, 2.05) is 30.3 Å². The van der Waals surface area contributed by atoms with E-state index in [0.717, 1.165) is 11.1 Å². The highest BCUT2D eigenvalue weighted by Gasteiger charge is 2.30. The molecule has 27 heavy (non-hydrogen) atoms. The molecule has 0 fully saturated rings. The molecular formula is C20H17BrN2O3S. The summed E-state index contributed by atoms with van der Waals surface area (Å²) in [5, 5.41) is 23.2. The zero-order valence-electron chi connectivity index (χ0n) is 14.5. The van der Waals surface area contributed by atoms with E-state index in [4.69, 9.17) is 4.74 Å². The number of nitrogens with one attached hydrogen (secondary N) is 1. The molecule has 3 rings (SSSR count). The van der Waals surface area contributed by atoms with Crippen molar-refractivity contribution >= 4 is 33.6 Å². The maximum absolute atomic E-state index is 12.3. The Hall–Kier alpha value is -2.43. The second-order valence-corrected chi connectivity index (χ2v) is 7.83. The number of thioether (sulfide) groups is 1. The summed E-state index contributed by atoms with van der Waals surface area (Å²) >= 11 is 4.74. The number of carbonyl (C=O) groups excluding carboxylic acids is 1. The summed E-state index contributed by atoms with van der Waals surface area (Å²) in [6.45, 7) is 0. The minimum absolute atomic E-state index is 0.0114. The Labute approximate surface area is 170 Å². The third-order valence-electron chi connectivity index (χ3n) is 4.26. The van der Waals surface area contributed by atoms with E-state index in [1.165, 1.54) is 18.9 Å². The number of phenols is 1. The average Bonchev–Trinajstić information content (AvgIpc) is 2.68. The number of allylic oxidation sites excluding steroid dienone is 1. The molecule has 7 heteroatoms. The van der Waals surface area contributed by atoms with Gasteiger partial charge in [-0.05, 0) is 39.2 Å². The van der Waals surface area contributed by atoms with Gasteiger partial charge < -0.3 is 15.2 Å². The summed E-state index contributed by atoms with van der Waals surface area (Å²) in [4.78, 5) is 12.3. The highest BCUT2D eigenvalue weighted by Crippen LogP contribution is 2.42. The van der Waals surface area contributed by atoms with Gasteiger partial charge >= 0.3 is 0 Å². The van der Waals surface area contributed by atoms with Crippen LogP contribution in [0.25, 0.3) is 0 Å². The summed E-state index contributed by atoms with van der Waals surface area (Å²) in [5.41, 5.74) is 2.36. The van der Waals surface area contributed by atoms with Crippen molar-refractivity contribution in [1.82, 2.24) is 5.32 Å². The minimum Gasteiger partial charge on any atom is -0.503 e. The molecule has 1 amide bonds. The van der Waals surface area contributed by atoms with Gasteiger partial charge in [-0.3, -0.25) is 4.79 Å². The van der Waals surface area contributed by atoms with Gasteiger partial charge in [-0.1, -0.05) is 30.3 Å². The summed E-state index contributed by atoms with van der Waals surface area (Å²) in [6, 6.07) is 15.5. The monoisotopic (exact) mass is 444 g/mol. The molecule has 2 aromatic rings. The van der Waals surface area contributed by atoms with Gasteiger partial charge in [0.2, 0.25) is 5.91 Å². The fraction of sp³-hybridized carbons (Fsp3) is 0.200. The molecule has 0 spiro atoms. The molecule has 1 heterocycles. The van der Waals surface area contributed by atoms with Crippen LogP contribution < -0.4 is 10.1 Å². The van der Waals surface area contributed by atoms with E-state index in [1.54, 1.807) is 12.1 Å². The van der Waals surface area contributed by atoms with E-state index >= 15 is 0 Å². The topological polar surface area (TPSA) is 82.3 Å². The standard InChI is InChI=1S/C20H17BrN2O3S/c1-26-17-8-13(7-16(21)19(17)25)14-9-18(24)23-20(15(14)10-22)27-11-12-5-3-2-4-6-12/h2-8,14,25H,9,11H2,1H3,(H,23,24)/t14-/m0/s1. The Morgan fingerprint density at radius 1 is 1.37 bits per heavy atom. The molecule has 0 aliphatic carbocycles. The normalized spacial score (nSPS) is 16.6. The van der Waals surface area contributed by atoms with Crippen LogP contribution >= 0.6 is 27.7 Å². The first-order valence-electron chi connectivity index (χ1n) is 8.20. The quantitative estimate of drug-likeness (QED) is 0.712. The number of nitriles is 1. The van der Waals surface area contributed by atoms with Crippen molar-refractivity contribution in [2.45, 2.75) is 18.1 Å². The number of ether oxygens (including phenoxy) is 1. The smallest absolute Gasteiger partial charge is 0.225 e. The predicted molar refractivity (Wildman–Crippen MR) is 108 cm³/mol. The lowest BCUT2D eigenvalue weighted by Crippen LogP contribution is -2.30. The van der Waals surface area contributed by atoms with Gasteiger partial charge in [0, 0.05) is 18.1 Å². The predicted octanol–water partition coefficient (Wildman–Crippen LogP) is 4.44. The third kappa shape index (κ3) is 4.29. The van der Waals surface area contributed by atoms with Gasteiger partial charge in [-0.2, -0.15) is 5.26 Å². The number of carbonyl (C=O) groups is 1. The number of hydrogen-bond donors (Lipinski definition) is 2. The average molecular weight is 445 g/mol. The molecule has 0 aromatic heterocycles. The molecule has 1 atom stereocenters. The summed E-state index contributed by atoms with van der Waals surface area (Å²) in [5.74, 6) is 0.395. The van der Waals surface area contributed by atoms with Crippen LogP contribution in [0.15, 0.2) is 57.5 Å². The first kappa shape index (κ1) is 19.3. The van der Waals surface area contributed by atoms with Crippen molar-refractivity contribution in [2.24, 2.45) is 0 Å². The largest absolute Gasteiger partial charge is 0.503 e. The van der Waals surface area contributed by atoms with E-state index in [-0.39, 0.29) is 18.1 Å². The third-order valence-corrected chi connectivity index (χ3v) is 5.95. The lowest BCUT2D eigenvalue weighted by molar-refractivity contribution is -0.120. The molecule has 1 aliphatic rings. The van der Waals surface area contributed by atoms with E-state index in [0.29, 0.717) is 26.6 Å². The van der Waals surface area contributed by atoms with Gasteiger partial charge in [-0.25, -0.2) is 0 Å². The summed E-state index contributed by atoms with van der Waals surface area (Å²) in [7, 11) is 1.46. The molecule has 0 unspecified atom stereocenters. The second kappa shape index (κ2) is 8.51. The maximum atomic E-state index is 12.3. The SMILES string of the molecule is COc1cc([C@@H]2CC(=O)NC(SCc3ccccc3)=C2C#N)cc(Br)c1O. The molecule has 0 saturated carbocycles. The number of nitrogens with zero attached hydrogens (tertiary/aromatic N) is 1. The zero-order valence-corrected chi connectivity index (χ0v) is 16.9. The Kier molecular flexibility index (Phi) is 6.09. The molecule has 0 radical (unpaired) electrons. The zero-order chi connectivity index (χ0) is 19.4.